The second-order valence-corrected chi connectivity index (χ2v) is 24.6. The second kappa shape index (κ2) is 17.2. The molecule has 312 valence electrons. The maximum atomic E-state index is 12.1. The van der Waals surface area contributed by atoms with E-state index in [-0.39, 0.29) is 25.7 Å². The Morgan fingerprint density at radius 2 is 0.737 bits per heavy atom. The molecule has 0 aliphatic carbocycles. The molecule has 0 spiro atoms. The summed E-state index contributed by atoms with van der Waals surface area (Å²) in [4.78, 5) is 6.74. The molecule has 0 heterocycles. The molecule has 0 unspecified atom stereocenters. The van der Waals surface area contributed by atoms with Gasteiger partial charge in [0, 0.05) is 71.6 Å². The molecule has 0 saturated heterocycles. The Labute approximate surface area is 356 Å². The molecule has 0 amide bonds. The van der Waals surface area contributed by atoms with Crippen molar-refractivity contribution in [1.82, 2.24) is 0 Å². The van der Waals surface area contributed by atoms with Crippen molar-refractivity contribution in [2.24, 2.45) is 0 Å². The molecule has 0 aromatic heterocycles. The van der Waals surface area contributed by atoms with E-state index in [0.29, 0.717) is 11.5 Å². The summed E-state index contributed by atoms with van der Waals surface area (Å²) in [6.45, 7) is 31.3. The first-order chi connectivity index (χ1) is 26.0. The molecular weight excluding hydrogens is 737 g/mol. The van der Waals surface area contributed by atoms with Crippen LogP contribution in [-0.4, -0.2) is 42.5 Å². The van der Waals surface area contributed by atoms with E-state index in [1.54, 1.807) is 0 Å². The SMILES string of the molecule is CN(C)c1ccc(CCc2c(SC(C)(C)Sc3cc(C(C)(C)C)c(O)c(C(C)(C)C)c3CCc3ccc(N(C)C)cc3)cc(C(C)(C)C)c(O)c2C(C)(C)C)cc1. The molecule has 2 N–H and O–H groups in total. The van der Waals surface area contributed by atoms with Crippen LogP contribution in [0.25, 0.3) is 0 Å². The normalized spacial score (nSPS) is 12.9. The van der Waals surface area contributed by atoms with Gasteiger partial charge in [0.25, 0.3) is 0 Å². The van der Waals surface area contributed by atoms with Crippen LogP contribution in [-0.2, 0) is 47.3 Å². The van der Waals surface area contributed by atoms with Crippen LogP contribution in [0.1, 0.15) is 141 Å². The largest absolute Gasteiger partial charge is 0.507 e. The van der Waals surface area contributed by atoms with Crippen LogP contribution in [0.2, 0.25) is 0 Å². The minimum atomic E-state index is -0.299. The smallest absolute Gasteiger partial charge is 0.123 e. The summed E-state index contributed by atoms with van der Waals surface area (Å²) in [5, 5.41) is 24.2. The highest BCUT2D eigenvalue weighted by Gasteiger charge is 2.35. The average Bonchev–Trinajstić information content (AvgIpc) is 3.05. The molecule has 57 heavy (non-hydrogen) atoms. The summed E-state index contributed by atoms with van der Waals surface area (Å²) < 4.78 is -0.299. The van der Waals surface area contributed by atoms with Crippen LogP contribution in [0.5, 0.6) is 11.5 Å². The van der Waals surface area contributed by atoms with E-state index in [1.165, 1.54) is 43.4 Å². The zero-order valence-electron chi connectivity index (χ0n) is 38.7. The van der Waals surface area contributed by atoms with E-state index in [9.17, 15) is 10.2 Å². The number of nitrogens with zero attached hydrogens (tertiary/aromatic N) is 2. The molecule has 0 atom stereocenters. The fourth-order valence-electron chi connectivity index (χ4n) is 7.82. The van der Waals surface area contributed by atoms with Gasteiger partial charge < -0.3 is 20.0 Å². The Balaban J connectivity index is 1.88. The molecule has 0 aliphatic heterocycles. The van der Waals surface area contributed by atoms with Gasteiger partial charge >= 0.3 is 0 Å². The van der Waals surface area contributed by atoms with Crippen molar-refractivity contribution in [3.63, 3.8) is 0 Å². The van der Waals surface area contributed by atoms with E-state index in [1.807, 2.05) is 23.5 Å². The average molecular weight is 811 g/mol. The van der Waals surface area contributed by atoms with E-state index in [2.05, 4.69) is 196 Å². The van der Waals surface area contributed by atoms with Gasteiger partial charge in [-0.15, -0.1) is 23.5 Å². The predicted octanol–water partition coefficient (Wildman–Crippen LogP) is 13.6. The first-order valence-electron chi connectivity index (χ1n) is 20.7. The van der Waals surface area contributed by atoms with Crippen molar-refractivity contribution in [2.75, 3.05) is 38.0 Å². The van der Waals surface area contributed by atoms with Crippen molar-refractivity contribution in [3.05, 3.63) is 105 Å². The Morgan fingerprint density at radius 3 is 0.982 bits per heavy atom. The second-order valence-electron chi connectivity index (χ2n) is 21.0. The Hall–Kier alpha value is -3.22. The lowest BCUT2D eigenvalue weighted by atomic mass is 9.76. The lowest BCUT2D eigenvalue weighted by Gasteiger charge is -2.35. The predicted molar refractivity (Wildman–Crippen MR) is 253 cm³/mol. The Kier molecular flexibility index (Phi) is 14.0. The van der Waals surface area contributed by atoms with Crippen molar-refractivity contribution < 1.29 is 10.2 Å². The molecule has 0 saturated carbocycles. The number of phenols is 2. The number of aromatic hydroxyl groups is 2. The minimum Gasteiger partial charge on any atom is -0.507 e. The highest BCUT2D eigenvalue weighted by Crippen LogP contribution is 2.54. The summed E-state index contributed by atoms with van der Waals surface area (Å²) in [6.07, 6.45) is 3.42. The van der Waals surface area contributed by atoms with Gasteiger partial charge in [-0.05, 0) is 120 Å². The Morgan fingerprint density at radius 1 is 0.439 bits per heavy atom. The number of hydrogen-bond acceptors (Lipinski definition) is 6. The summed E-state index contributed by atoms with van der Waals surface area (Å²) in [6, 6.07) is 22.3. The van der Waals surface area contributed by atoms with Crippen LogP contribution >= 0.6 is 23.5 Å². The fourth-order valence-corrected chi connectivity index (χ4v) is 10.6. The molecule has 4 nitrogen and oxygen atoms in total. The number of thioether (sulfide) groups is 2. The van der Waals surface area contributed by atoms with Crippen LogP contribution in [0.4, 0.5) is 11.4 Å². The quantitative estimate of drug-likeness (QED) is 0.110. The minimum absolute atomic E-state index is 0.241. The number of benzene rings is 4. The lowest BCUT2D eigenvalue weighted by Crippen LogP contribution is -2.22. The number of phenolic OH excluding ortho intramolecular Hbond substituents is 2. The first-order valence-corrected chi connectivity index (χ1v) is 22.3. The maximum absolute atomic E-state index is 12.1. The van der Waals surface area contributed by atoms with Gasteiger partial charge in [0.2, 0.25) is 0 Å². The zero-order valence-corrected chi connectivity index (χ0v) is 40.3. The molecule has 0 aliphatic rings. The number of aryl methyl sites for hydroxylation is 2. The summed E-state index contributed by atoms with van der Waals surface area (Å²) in [5.74, 6) is 0.874. The molecule has 4 rings (SSSR count). The third-order valence-corrected chi connectivity index (χ3v) is 13.4. The molecule has 4 aromatic rings. The van der Waals surface area contributed by atoms with E-state index >= 15 is 0 Å². The van der Waals surface area contributed by atoms with Crippen molar-refractivity contribution in [1.29, 1.82) is 0 Å². The fraction of sp³-hybridized carbons (Fsp3) is 0.529. The molecule has 0 fully saturated rings. The summed E-state index contributed by atoms with van der Waals surface area (Å²) in [5.41, 5.74) is 10.5. The van der Waals surface area contributed by atoms with Crippen LogP contribution in [0, 0.1) is 0 Å². The number of anilines is 2. The maximum Gasteiger partial charge on any atom is 0.123 e. The zero-order chi connectivity index (χ0) is 43.1. The van der Waals surface area contributed by atoms with Gasteiger partial charge in [-0.3, -0.25) is 0 Å². The van der Waals surface area contributed by atoms with Crippen molar-refractivity contribution in [2.45, 2.75) is 158 Å². The van der Waals surface area contributed by atoms with E-state index < -0.39 is 0 Å². The van der Waals surface area contributed by atoms with Gasteiger partial charge in [-0.25, -0.2) is 0 Å². The molecule has 4 aromatic carbocycles. The van der Waals surface area contributed by atoms with Gasteiger partial charge in [0.1, 0.15) is 11.5 Å². The van der Waals surface area contributed by atoms with Crippen LogP contribution < -0.4 is 9.80 Å². The number of rotatable bonds is 12. The van der Waals surface area contributed by atoms with E-state index in [4.69, 9.17) is 0 Å². The molecule has 0 bridgehead atoms. The standard InChI is InChI=1S/C51H74N2O2S2/c1-47(2,3)39-31-41(37(43(45(39)54)49(7,8)9)29-23-33-19-25-35(26-20-33)52(15)16)56-51(13,14)57-42-32-40(48(4,5)6)46(55)44(50(10,11)12)38(42)30-24-34-21-27-36(28-22-34)53(17)18/h19-22,25-28,31-32,54-55H,23-24,29-30H2,1-18H3. The lowest BCUT2D eigenvalue weighted by molar-refractivity contribution is 0.418. The highest BCUT2D eigenvalue weighted by atomic mass is 32.2. The number of hydrogen-bond donors (Lipinski definition) is 2. The van der Waals surface area contributed by atoms with Crippen LogP contribution in [0.15, 0.2) is 70.5 Å². The van der Waals surface area contributed by atoms with Crippen LogP contribution in [0.3, 0.4) is 0 Å². The van der Waals surface area contributed by atoms with Gasteiger partial charge in [0.05, 0.1) is 4.08 Å². The third kappa shape index (κ3) is 11.5. The monoisotopic (exact) mass is 811 g/mol. The van der Waals surface area contributed by atoms with E-state index in [0.717, 1.165) is 47.9 Å². The Bertz CT molecular complexity index is 1850. The van der Waals surface area contributed by atoms with Gasteiger partial charge in [-0.2, -0.15) is 0 Å². The van der Waals surface area contributed by atoms with Gasteiger partial charge in [-0.1, -0.05) is 107 Å². The summed E-state index contributed by atoms with van der Waals surface area (Å²) in [7, 11) is 8.30. The first kappa shape index (κ1) is 46.5. The molecule has 0 radical (unpaired) electrons. The van der Waals surface area contributed by atoms with Crippen molar-refractivity contribution in [3.8, 4) is 11.5 Å². The summed E-state index contributed by atoms with van der Waals surface area (Å²) >= 11 is 3.83. The topological polar surface area (TPSA) is 46.9 Å². The van der Waals surface area contributed by atoms with Crippen molar-refractivity contribution >= 4 is 34.9 Å². The molecular formula is C51H74N2O2S2. The third-order valence-electron chi connectivity index (χ3n) is 10.8. The molecule has 6 heteroatoms. The van der Waals surface area contributed by atoms with Gasteiger partial charge in [0.15, 0.2) is 0 Å². The highest BCUT2D eigenvalue weighted by molar-refractivity contribution is 8.18.